The molecule has 0 heterocycles. The number of benzene rings is 3. The Morgan fingerprint density at radius 3 is 2.44 bits per heavy atom. The number of ether oxygens (including phenoxy) is 2. The standard InChI is InChI=1S/C27H26O2.C6H10O/c1-3-21-9-4-7-12-24(21)19-28-25-13-8-14-26(17-25)29-20-27(2)16-15-22-10-5-6-11-23(22)18-27;1-3-5-6(7)4-2/h3-17H,1,18-20H2,2H3;3,5H,4H2,1-2H3/b;5-3+. The zero-order valence-corrected chi connectivity index (χ0v) is 21.6. The molecule has 1 aliphatic rings. The van der Waals surface area contributed by atoms with Gasteiger partial charge in [0.1, 0.15) is 18.1 Å². The van der Waals surface area contributed by atoms with Crippen LogP contribution in [0.15, 0.2) is 97.6 Å². The maximum Gasteiger partial charge on any atom is 0.155 e. The van der Waals surface area contributed by atoms with Gasteiger partial charge < -0.3 is 9.47 Å². The molecule has 0 aromatic heterocycles. The lowest BCUT2D eigenvalue weighted by molar-refractivity contribution is -0.114. The Bertz CT molecular complexity index is 1220. The van der Waals surface area contributed by atoms with Gasteiger partial charge in [-0.1, -0.05) is 99.3 Å². The van der Waals surface area contributed by atoms with E-state index in [0.29, 0.717) is 19.6 Å². The van der Waals surface area contributed by atoms with Crippen LogP contribution in [0, 0.1) is 5.41 Å². The summed E-state index contributed by atoms with van der Waals surface area (Å²) in [6.07, 6.45) is 11.3. The fraction of sp³-hybridized carbons (Fsp3) is 0.242. The number of hydrogen-bond acceptors (Lipinski definition) is 3. The van der Waals surface area contributed by atoms with E-state index in [1.165, 1.54) is 11.1 Å². The molecule has 0 saturated heterocycles. The van der Waals surface area contributed by atoms with E-state index in [2.05, 4.69) is 56.0 Å². The highest BCUT2D eigenvalue weighted by Gasteiger charge is 2.26. The summed E-state index contributed by atoms with van der Waals surface area (Å²) in [4.78, 5) is 10.3. The van der Waals surface area contributed by atoms with Crippen LogP contribution < -0.4 is 9.47 Å². The molecule has 0 saturated carbocycles. The highest BCUT2D eigenvalue weighted by Crippen LogP contribution is 2.33. The molecule has 1 aliphatic carbocycles. The van der Waals surface area contributed by atoms with E-state index in [0.717, 1.165) is 29.0 Å². The minimum atomic E-state index is -0.0197. The Morgan fingerprint density at radius 1 is 1.00 bits per heavy atom. The van der Waals surface area contributed by atoms with Crippen molar-refractivity contribution >= 4 is 17.9 Å². The molecule has 0 aliphatic heterocycles. The molecule has 0 bridgehead atoms. The van der Waals surface area contributed by atoms with Crippen LogP contribution in [0.5, 0.6) is 11.5 Å². The highest BCUT2D eigenvalue weighted by molar-refractivity contribution is 5.89. The second kappa shape index (κ2) is 13.3. The summed E-state index contributed by atoms with van der Waals surface area (Å²) in [5.74, 6) is 1.83. The van der Waals surface area contributed by atoms with Crippen molar-refractivity contribution in [1.29, 1.82) is 0 Å². The summed E-state index contributed by atoms with van der Waals surface area (Å²) < 4.78 is 12.2. The van der Waals surface area contributed by atoms with Gasteiger partial charge in [-0.05, 0) is 53.8 Å². The van der Waals surface area contributed by atoms with Crippen molar-refractivity contribution in [3.05, 3.63) is 120 Å². The van der Waals surface area contributed by atoms with E-state index in [9.17, 15) is 4.79 Å². The van der Waals surface area contributed by atoms with Crippen LogP contribution >= 0.6 is 0 Å². The third kappa shape index (κ3) is 7.84. The Hall–Kier alpha value is -3.85. The van der Waals surface area contributed by atoms with E-state index in [4.69, 9.17) is 9.47 Å². The zero-order chi connectivity index (χ0) is 25.8. The molecule has 3 nitrogen and oxygen atoms in total. The van der Waals surface area contributed by atoms with E-state index in [-0.39, 0.29) is 11.2 Å². The number of fused-ring (bicyclic) bond motifs is 1. The van der Waals surface area contributed by atoms with Gasteiger partial charge in [0.2, 0.25) is 0 Å². The first-order chi connectivity index (χ1) is 17.5. The van der Waals surface area contributed by atoms with Crippen LogP contribution in [0.25, 0.3) is 12.2 Å². The van der Waals surface area contributed by atoms with Crippen molar-refractivity contribution in [2.45, 2.75) is 40.2 Å². The quantitative estimate of drug-likeness (QED) is 0.290. The van der Waals surface area contributed by atoms with Gasteiger partial charge in [-0.15, -0.1) is 0 Å². The number of carbonyl (C=O) groups is 1. The van der Waals surface area contributed by atoms with Crippen molar-refractivity contribution in [2.75, 3.05) is 6.61 Å². The van der Waals surface area contributed by atoms with Gasteiger partial charge in [0.05, 0.1) is 6.61 Å². The largest absolute Gasteiger partial charge is 0.493 e. The molecule has 186 valence electrons. The molecule has 0 radical (unpaired) electrons. The van der Waals surface area contributed by atoms with Gasteiger partial charge in [0.25, 0.3) is 0 Å². The molecule has 1 unspecified atom stereocenters. The number of rotatable bonds is 9. The summed E-state index contributed by atoms with van der Waals surface area (Å²) in [6.45, 7) is 10.9. The molecule has 3 aromatic rings. The summed E-state index contributed by atoms with van der Waals surface area (Å²) >= 11 is 0. The Balaban J connectivity index is 0.000000454. The van der Waals surface area contributed by atoms with E-state index < -0.39 is 0 Å². The van der Waals surface area contributed by atoms with Crippen LogP contribution in [0.1, 0.15) is 49.4 Å². The Labute approximate surface area is 215 Å². The average Bonchev–Trinajstić information content (AvgIpc) is 2.91. The van der Waals surface area contributed by atoms with Gasteiger partial charge in [0.15, 0.2) is 5.78 Å². The van der Waals surface area contributed by atoms with Gasteiger partial charge in [-0.3, -0.25) is 4.79 Å². The predicted octanol–water partition coefficient (Wildman–Crippen LogP) is 8.10. The molecular formula is C33H36O3. The predicted molar refractivity (Wildman–Crippen MR) is 150 cm³/mol. The normalized spacial score (nSPS) is 16.0. The zero-order valence-electron chi connectivity index (χ0n) is 21.6. The van der Waals surface area contributed by atoms with Gasteiger partial charge in [0, 0.05) is 17.9 Å². The van der Waals surface area contributed by atoms with Crippen molar-refractivity contribution in [2.24, 2.45) is 5.41 Å². The summed E-state index contributed by atoms with van der Waals surface area (Å²) in [7, 11) is 0. The lowest BCUT2D eigenvalue weighted by Gasteiger charge is -2.30. The molecule has 3 heteroatoms. The van der Waals surface area contributed by atoms with Crippen LogP contribution in [-0.2, 0) is 17.8 Å². The minimum Gasteiger partial charge on any atom is -0.493 e. The maximum atomic E-state index is 10.3. The first-order valence-electron chi connectivity index (χ1n) is 12.4. The summed E-state index contributed by atoms with van der Waals surface area (Å²) in [5, 5.41) is 0. The van der Waals surface area contributed by atoms with Crippen LogP contribution in [-0.4, -0.2) is 12.4 Å². The smallest absolute Gasteiger partial charge is 0.155 e. The number of ketones is 1. The van der Waals surface area contributed by atoms with Gasteiger partial charge in [-0.2, -0.15) is 0 Å². The molecular weight excluding hydrogens is 444 g/mol. The summed E-state index contributed by atoms with van der Waals surface area (Å²) in [6, 6.07) is 24.5. The number of allylic oxidation sites excluding steroid dienone is 2. The summed E-state index contributed by atoms with van der Waals surface area (Å²) in [5.41, 5.74) is 4.87. The van der Waals surface area contributed by atoms with Crippen LogP contribution in [0.3, 0.4) is 0 Å². The number of carbonyl (C=O) groups excluding carboxylic acids is 1. The molecule has 4 rings (SSSR count). The first-order valence-corrected chi connectivity index (χ1v) is 12.4. The number of hydrogen-bond donors (Lipinski definition) is 0. The molecule has 1 atom stereocenters. The topological polar surface area (TPSA) is 35.5 Å². The van der Waals surface area contributed by atoms with Crippen molar-refractivity contribution < 1.29 is 14.3 Å². The van der Waals surface area contributed by atoms with Crippen molar-refractivity contribution in [3.8, 4) is 11.5 Å². The molecule has 0 N–H and O–H groups in total. The Kier molecular flexibility index (Phi) is 9.88. The minimum absolute atomic E-state index is 0.0197. The molecule has 0 fully saturated rings. The SMILES string of the molecule is C/C=C/C(=O)CC.C=Cc1ccccc1COc1cccc(OCC2(C)C=Cc3ccccc3C2)c1. The third-order valence-electron chi connectivity index (χ3n) is 6.06. The van der Waals surface area contributed by atoms with Crippen molar-refractivity contribution in [1.82, 2.24) is 0 Å². The monoisotopic (exact) mass is 480 g/mol. The fourth-order valence-corrected chi connectivity index (χ4v) is 3.97. The van der Waals surface area contributed by atoms with E-state index in [1.54, 1.807) is 12.2 Å². The first kappa shape index (κ1) is 26.7. The molecule has 0 spiro atoms. The van der Waals surface area contributed by atoms with E-state index >= 15 is 0 Å². The highest BCUT2D eigenvalue weighted by atomic mass is 16.5. The molecule has 36 heavy (non-hydrogen) atoms. The van der Waals surface area contributed by atoms with Crippen LogP contribution in [0.2, 0.25) is 0 Å². The fourth-order valence-electron chi connectivity index (χ4n) is 3.97. The van der Waals surface area contributed by atoms with Crippen LogP contribution in [0.4, 0.5) is 0 Å². The second-order valence-electron chi connectivity index (χ2n) is 9.14. The average molecular weight is 481 g/mol. The molecule has 0 amide bonds. The lowest BCUT2D eigenvalue weighted by atomic mass is 9.78. The van der Waals surface area contributed by atoms with Crippen molar-refractivity contribution in [3.63, 3.8) is 0 Å². The second-order valence-corrected chi connectivity index (χ2v) is 9.14. The maximum absolute atomic E-state index is 10.3. The third-order valence-corrected chi connectivity index (χ3v) is 6.06. The lowest BCUT2D eigenvalue weighted by Crippen LogP contribution is -2.27. The van der Waals surface area contributed by atoms with E-state index in [1.807, 2.05) is 62.4 Å². The Morgan fingerprint density at radius 2 is 1.72 bits per heavy atom. The van der Waals surface area contributed by atoms with Gasteiger partial charge >= 0.3 is 0 Å². The van der Waals surface area contributed by atoms with Gasteiger partial charge in [-0.25, -0.2) is 0 Å². The molecule has 3 aromatic carbocycles.